The van der Waals surface area contributed by atoms with Crippen LogP contribution in [0.5, 0.6) is 0 Å². The maximum absolute atomic E-state index is 12.6. The van der Waals surface area contributed by atoms with Crippen LogP contribution in [0.1, 0.15) is 18.6 Å². The van der Waals surface area contributed by atoms with E-state index in [1.165, 1.54) is 0 Å². The molecule has 9 heteroatoms. The molecule has 1 aromatic heterocycles. The van der Waals surface area contributed by atoms with E-state index in [0.717, 1.165) is 6.42 Å². The zero-order valence-electron chi connectivity index (χ0n) is 14.1. The second-order valence-electron chi connectivity index (χ2n) is 6.11. The molecular weight excluding hydrogens is 379 g/mol. The normalized spacial score (nSPS) is 17.3. The molecule has 2 amide bonds. The number of carbonyl (C=O) groups excluding carboxylic acids is 2. The van der Waals surface area contributed by atoms with Crippen LogP contribution in [0.15, 0.2) is 28.8 Å². The summed E-state index contributed by atoms with van der Waals surface area (Å²) in [6.07, 6.45) is 1.51. The predicted molar refractivity (Wildman–Crippen MR) is 99.6 cm³/mol. The van der Waals surface area contributed by atoms with Crippen LogP contribution in [0.2, 0.25) is 10.0 Å². The van der Waals surface area contributed by atoms with Gasteiger partial charge in [0.1, 0.15) is 5.76 Å². The largest absolute Gasteiger partial charge is 0.360 e. The highest BCUT2D eigenvalue weighted by atomic mass is 35.5. The number of aryl methyl sites for hydroxylation is 1. The van der Waals surface area contributed by atoms with Gasteiger partial charge in [0.15, 0.2) is 5.82 Å². The minimum atomic E-state index is -0.397. The molecule has 1 aromatic carbocycles. The van der Waals surface area contributed by atoms with Crippen molar-refractivity contribution in [2.24, 2.45) is 0 Å². The molecule has 0 aliphatic carbocycles. The number of aromatic nitrogens is 1. The molecule has 7 nitrogen and oxygen atoms in total. The molecule has 0 spiro atoms. The summed E-state index contributed by atoms with van der Waals surface area (Å²) in [6, 6.07) is 6.11. The number of hydrogen-bond acceptors (Lipinski definition) is 5. The van der Waals surface area contributed by atoms with Crippen LogP contribution >= 0.6 is 23.2 Å². The first-order valence-electron chi connectivity index (χ1n) is 8.15. The van der Waals surface area contributed by atoms with Crippen LogP contribution < -0.4 is 10.6 Å². The van der Waals surface area contributed by atoms with Crippen molar-refractivity contribution in [3.8, 4) is 0 Å². The number of carbonyl (C=O) groups is 2. The number of nitrogens with one attached hydrogen (secondary N) is 2. The summed E-state index contributed by atoms with van der Waals surface area (Å²) in [5.74, 6) is 0.526. The van der Waals surface area contributed by atoms with E-state index in [1.807, 2.05) is 4.90 Å². The topological polar surface area (TPSA) is 87.5 Å². The number of nitrogens with zero attached hydrogens (tertiary/aromatic N) is 2. The highest BCUT2D eigenvalue weighted by molar-refractivity contribution is 6.36. The average Bonchev–Trinajstić information content (AvgIpc) is 3.19. The molecule has 0 radical (unpaired) electrons. The molecular formula is C17H18Cl2N4O3. The fourth-order valence-electron chi connectivity index (χ4n) is 2.91. The quantitative estimate of drug-likeness (QED) is 0.808. The van der Waals surface area contributed by atoms with Crippen molar-refractivity contribution in [2.75, 3.05) is 23.7 Å². The van der Waals surface area contributed by atoms with Gasteiger partial charge < -0.3 is 15.2 Å². The first-order chi connectivity index (χ1) is 12.4. The highest BCUT2D eigenvalue weighted by Crippen LogP contribution is 2.27. The van der Waals surface area contributed by atoms with E-state index in [2.05, 4.69) is 15.8 Å². The molecule has 2 heterocycles. The van der Waals surface area contributed by atoms with E-state index in [4.69, 9.17) is 27.7 Å². The molecule has 0 unspecified atom stereocenters. The Morgan fingerprint density at radius 2 is 2.12 bits per heavy atom. The summed E-state index contributed by atoms with van der Waals surface area (Å²) >= 11 is 12.0. The van der Waals surface area contributed by atoms with Crippen LogP contribution in [0.3, 0.4) is 0 Å². The maximum Gasteiger partial charge on any atom is 0.241 e. The standard InChI is InChI=1S/C17H18Cl2N4O3/c1-10-7-15(22-26-10)21-16(24)9-23-6-2-3-14(23)17(25)20-13-5-4-11(18)8-12(13)19/h4-5,7-8,14H,2-3,6,9H2,1H3,(H,20,25)(H,21,22,24)/t14-/m0/s1. The molecule has 1 aliphatic rings. The SMILES string of the molecule is Cc1cc(NC(=O)CN2CCC[C@H]2C(=O)Nc2ccc(Cl)cc2Cl)no1. The summed E-state index contributed by atoms with van der Waals surface area (Å²) < 4.78 is 4.92. The Labute approximate surface area is 160 Å². The monoisotopic (exact) mass is 396 g/mol. The van der Waals surface area contributed by atoms with Crippen molar-refractivity contribution in [1.82, 2.24) is 10.1 Å². The molecule has 1 fully saturated rings. The third-order valence-electron chi connectivity index (χ3n) is 4.10. The van der Waals surface area contributed by atoms with Gasteiger partial charge in [0.2, 0.25) is 11.8 Å². The lowest BCUT2D eigenvalue weighted by atomic mass is 10.2. The molecule has 1 aliphatic heterocycles. The zero-order valence-corrected chi connectivity index (χ0v) is 15.6. The fourth-order valence-corrected chi connectivity index (χ4v) is 3.37. The Morgan fingerprint density at radius 1 is 1.31 bits per heavy atom. The van der Waals surface area contributed by atoms with E-state index in [1.54, 1.807) is 31.2 Å². The van der Waals surface area contributed by atoms with Crippen LogP contribution in [0.25, 0.3) is 0 Å². The van der Waals surface area contributed by atoms with Gasteiger partial charge in [0, 0.05) is 11.1 Å². The molecule has 2 aromatic rings. The molecule has 2 N–H and O–H groups in total. The molecule has 1 saturated heterocycles. The Balaban J connectivity index is 1.60. The van der Waals surface area contributed by atoms with Crippen molar-refractivity contribution in [2.45, 2.75) is 25.8 Å². The highest BCUT2D eigenvalue weighted by Gasteiger charge is 2.32. The third kappa shape index (κ3) is 4.55. The molecule has 26 heavy (non-hydrogen) atoms. The van der Waals surface area contributed by atoms with Gasteiger partial charge in [0.25, 0.3) is 0 Å². The number of amides is 2. The van der Waals surface area contributed by atoms with Gasteiger partial charge in [-0.25, -0.2) is 0 Å². The lowest BCUT2D eigenvalue weighted by molar-refractivity contribution is -0.122. The zero-order chi connectivity index (χ0) is 18.7. The molecule has 0 saturated carbocycles. The summed E-state index contributed by atoms with van der Waals surface area (Å²) in [6.45, 7) is 2.50. The van der Waals surface area contributed by atoms with Crippen LogP contribution in [-0.4, -0.2) is 41.0 Å². The Bertz CT molecular complexity index is 824. The first kappa shape index (κ1) is 18.7. The Kier molecular flexibility index (Phi) is 5.80. The predicted octanol–water partition coefficient (Wildman–Crippen LogP) is 3.33. The van der Waals surface area contributed by atoms with Gasteiger partial charge in [-0.3, -0.25) is 14.5 Å². The van der Waals surface area contributed by atoms with Crippen LogP contribution in [-0.2, 0) is 9.59 Å². The van der Waals surface area contributed by atoms with Gasteiger partial charge in [-0.05, 0) is 44.5 Å². The van der Waals surface area contributed by atoms with Crippen LogP contribution in [0, 0.1) is 6.92 Å². The maximum atomic E-state index is 12.6. The van der Waals surface area contributed by atoms with E-state index < -0.39 is 6.04 Å². The number of rotatable bonds is 5. The number of likely N-dealkylation sites (tertiary alicyclic amines) is 1. The van der Waals surface area contributed by atoms with E-state index in [9.17, 15) is 9.59 Å². The Hall–Kier alpha value is -2.09. The molecule has 3 rings (SSSR count). The first-order valence-corrected chi connectivity index (χ1v) is 8.91. The van der Waals surface area contributed by atoms with Gasteiger partial charge in [0.05, 0.1) is 23.3 Å². The number of benzene rings is 1. The van der Waals surface area contributed by atoms with Crippen molar-refractivity contribution >= 4 is 46.5 Å². The van der Waals surface area contributed by atoms with Gasteiger partial charge in [-0.15, -0.1) is 0 Å². The third-order valence-corrected chi connectivity index (χ3v) is 4.65. The number of anilines is 2. The lowest BCUT2D eigenvalue weighted by Gasteiger charge is -2.23. The van der Waals surface area contributed by atoms with E-state index in [-0.39, 0.29) is 18.4 Å². The van der Waals surface area contributed by atoms with Crippen molar-refractivity contribution in [1.29, 1.82) is 0 Å². The Morgan fingerprint density at radius 3 is 2.81 bits per heavy atom. The van der Waals surface area contributed by atoms with Crippen molar-refractivity contribution < 1.29 is 14.1 Å². The number of hydrogen-bond donors (Lipinski definition) is 2. The second-order valence-corrected chi connectivity index (χ2v) is 6.96. The second kappa shape index (κ2) is 8.07. The van der Waals surface area contributed by atoms with E-state index in [0.29, 0.717) is 40.3 Å². The molecule has 138 valence electrons. The van der Waals surface area contributed by atoms with Gasteiger partial charge in [-0.1, -0.05) is 28.4 Å². The minimum Gasteiger partial charge on any atom is -0.360 e. The summed E-state index contributed by atoms with van der Waals surface area (Å²) in [5, 5.41) is 10.1. The van der Waals surface area contributed by atoms with E-state index >= 15 is 0 Å². The molecule has 0 bridgehead atoms. The van der Waals surface area contributed by atoms with Gasteiger partial charge in [-0.2, -0.15) is 0 Å². The van der Waals surface area contributed by atoms with Crippen LogP contribution in [0.4, 0.5) is 11.5 Å². The smallest absolute Gasteiger partial charge is 0.241 e. The van der Waals surface area contributed by atoms with Crippen molar-refractivity contribution in [3.05, 3.63) is 40.1 Å². The van der Waals surface area contributed by atoms with Crippen molar-refractivity contribution in [3.63, 3.8) is 0 Å². The van der Waals surface area contributed by atoms with Gasteiger partial charge >= 0.3 is 0 Å². The fraction of sp³-hybridized carbons (Fsp3) is 0.353. The minimum absolute atomic E-state index is 0.0956. The average molecular weight is 397 g/mol. The summed E-state index contributed by atoms with van der Waals surface area (Å²) in [4.78, 5) is 26.6. The summed E-state index contributed by atoms with van der Waals surface area (Å²) in [7, 11) is 0. The number of halogens is 2. The lowest BCUT2D eigenvalue weighted by Crippen LogP contribution is -2.43. The summed E-state index contributed by atoms with van der Waals surface area (Å²) in [5.41, 5.74) is 0.496. The molecule has 1 atom stereocenters.